The van der Waals surface area contributed by atoms with Crippen molar-refractivity contribution in [1.82, 2.24) is 0 Å². The van der Waals surface area contributed by atoms with Gasteiger partial charge in [-0.1, -0.05) is 17.7 Å². The SMILES string of the molecule is Cc1ccc2c(c1)CCN2.Cl. The van der Waals surface area contributed by atoms with E-state index in [0.717, 1.165) is 6.54 Å². The van der Waals surface area contributed by atoms with Crippen LogP contribution in [0.4, 0.5) is 5.69 Å². The van der Waals surface area contributed by atoms with Crippen molar-refractivity contribution < 1.29 is 0 Å². The minimum Gasteiger partial charge on any atom is -0.384 e. The number of anilines is 1. The van der Waals surface area contributed by atoms with E-state index < -0.39 is 0 Å². The van der Waals surface area contributed by atoms with Gasteiger partial charge >= 0.3 is 0 Å². The largest absolute Gasteiger partial charge is 0.384 e. The molecule has 0 spiro atoms. The minimum absolute atomic E-state index is 0. The highest BCUT2D eigenvalue weighted by Gasteiger charge is 2.07. The van der Waals surface area contributed by atoms with Gasteiger partial charge in [-0.3, -0.25) is 0 Å². The zero-order chi connectivity index (χ0) is 6.97. The molecule has 1 N–H and O–H groups in total. The number of hydrogen-bond acceptors (Lipinski definition) is 1. The van der Waals surface area contributed by atoms with E-state index in [2.05, 4.69) is 30.4 Å². The molecule has 0 fully saturated rings. The summed E-state index contributed by atoms with van der Waals surface area (Å²) in [6, 6.07) is 6.57. The van der Waals surface area contributed by atoms with Gasteiger partial charge in [0.1, 0.15) is 0 Å². The van der Waals surface area contributed by atoms with E-state index >= 15 is 0 Å². The molecule has 0 saturated carbocycles. The first-order valence-electron chi connectivity index (χ1n) is 3.70. The molecule has 0 atom stereocenters. The highest BCUT2D eigenvalue weighted by molar-refractivity contribution is 5.85. The second-order valence-electron chi connectivity index (χ2n) is 2.84. The Morgan fingerprint density at radius 1 is 1.36 bits per heavy atom. The average Bonchev–Trinajstić information content (AvgIpc) is 2.33. The number of benzene rings is 1. The third-order valence-corrected chi connectivity index (χ3v) is 1.97. The van der Waals surface area contributed by atoms with Gasteiger partial charge in [0.2, 0.25) is 0 Å². The molecule has 0 bridgehead atoms. The fourth-order valence-corrected chi connectivity index (χ4v) is 1.43. The van der Waals surface area contributed by atoms with E-state index in [4.69, 9.17) is 0 Å². The second-order valence-corrected chi connectivity index (χ2v) is 2.84. The van der Waals surface area contributed by atoms with Crippen molar-refractivity contribution in [3.05, 3.63) is 29.3 Å². The Bertz CT molecular complexity index is 258. The normalized spacial score (nSPS) is 13.2. The fraction of sp³-hybridized carbons (Fsp3) is 0.333. The smallest absolute Gasteiger partial charge is 0.0373 e. The summed E-state index contributed by atoms with van der Waals surface area (Å²) in [5, 5.41) is 3.33. The summed E-state index contributed by atoms with van der Waals surface area (Å²) in [6.07, 6.45) is 1.19. The predicted molar refractivity (Wildman–Crippen MR) is 50.6 cm³/mol. The molecule has 1 aromatic rings. The molecule has 0 amide bonds. The summed E-state index contributed by atoms with van der Waals surface area (Å²) in [5.74, 6) is 0. The number of aryl methyl sites for hydroxylation is 1. The fourth-order valence-electron chi connectivity index (χ4n) is 1.43. The van der Waals surface area contributed by atoms with E-state index in [1.165, 1.54) is 23.2 Å². The first-order chi connectivity index (χ1) is 4.86. The maximum Gasteiger partial charge on any atom is 0.0373 e. The lowest BCUT2D eigenvalue weighted by molar-refractivity contribution is 1.10. The molecule has 0 aliphatic carbocycles. The van der Waals surface area contributed by atoms with Gasteiger partial charge in [0.25, 0.3) is 0 Å². The maximum absolute atomic E-state index is 3.33. The predicted octanol–water partition coefficient (Wildman–Crippen LogP) is 2.38. The van der Waals surface area contributed by atoms with Crippen molar-refractivity contribution >= 4 is 18.1 Å². The molecule has 0 aromatic heterocycles. The van der Waals surface area contributed by atoms with Gasteiger partial charge in [-0.05, 0) is 25.0 Å². The van der Waals surface area contributed by atoms with Gasteiger partial charge in [0, 0.05) is 12.2 Å². The van der Waals surface area contributed by atoms with Crippen LogP contribution in [0.3, 0.4) is 0 Å². The Morgan fingerprint density at radius 2 is 2.18 bits per heavy atom. The van der Waals surface area contributed by atoms with Crippen molar-refractivity contribution in [2.24, 2.45) is 0 Å². The lowest BCUT2D eigenvalue weighted by Crippen LogP contribution is -1.90. The van der Waals surface area contributed by atoms with Crippen LogP contribution < -0.4 is 5.32 Å². The van der Waals surface area contributed by atoms with Crippen molar-refractivity contribution in [2.45, 2.75) is 13.3 Å². The van der Waals surface area contributed by atoms with Crippen LogP contribution in [-0.2, 0) is 6.42 Å². The van der Waals surface area contributed by atoms with Crippen molar-refractivity contribution in [3.8, 4) is 0 Å². The molecule has 1 aromatic carbocycles. The molecule has 1 heterocycles. The number of hydrogen-bond donors (Lipinski definition) is 1. The quantitative estimate of drug-likeness (QED) is 0.629. The number of fused-ring (bicyclic) bond motifs is 1. The molecule has 0 unspecified atom stereocenters. The van der Waals surface area contributed by atoms with Gasteiger partial charge in [-0.15, -0.1) is 12.4 Å². The van der Waals surface area contributed by atoms with Crippen LogP contribution in [0.25, 0.3) is 0 Å². The summed E-state index contributed by atoms with van der Waals surface area (Å²) < 4.78 is 0. The summed E-state index contributed by atoms with van der Waals surface area (Å²) >= 11 is 0. The van der Waals surface area contributed by atoms with Crippen molar-refractivity contribution in [1.29, 1.82) is 0 Å². The van der Waals surface area contributed by atoms with E-state index in [9.17, 15) is 0 Å². The first-order valence-corrected chi connectivity index (χ1v) is 3.70. The second kappa shape index (κ2) is 3.14. The Kier molecular flexibility index (Phi) is 2.40. The Balaban J connectivity index is 0.000000605. The summed E-state index contributed by atoms with van der Waals surface area (Å²) in [5.41, 5.74) is 4.16. The Hall–Kier alpha value is -0.690. The van der Waals surface area contributed by atoms with Crippen LogP contribution in [0.15, 0.2) is 18.2 Å². The molecule has 0 saturated heterocycles. The number of halogens is 1. The molecule has 11 heavy (non-hydrogen) atoms. The van der Waals surface area contributed by atoms with Gasteiger partial charge in [-0.2, -0.15) is 0 Å². The van der Waals surface area contributed by atoms with Crippen LogP contribution >= 0.6 is 12.4 Å². The van der Waals surface area contributed by atoms with Gasteiger partial charge in [0.05, 0.1) is 0 Å². The van der Waals surface area contributed by atoms with Gasteiger partial charge < -0.3 is 5.32 Å². The zero-order valence-corrected chi connectivity index (χ0v) is 7.37. The Morgan fingerprint density at radius 3 is 3.00 bits per heavy atom. The van der Waals surface area contributed by atoms with Crippen LogP contribution in [0, 0.1) is 6.92 Å². The first kappa shape index (κ1) is 8.41. The van der Waals surface area contributed by atoms with Crippen molar-refractivity contribution in [2.75, 3.05) is 11.9 Å². The van der Waals surface area contributed by atoms with Crippen molar-refractivity contribution in [3.63, 3.8) is 0 Å². The average molecular weight is 170 g/mol. The molecular formula is C9H12ClN. The van der Waals surface area contributed by atoms with Gasteiger partial charge in [-0.25, -0.2) is 0 Å². The molecule has 0 radical (unpaired) electrons. The van der Waals surface area contributed by atoms with Crippen LogP contribution in [0.2, 0.25) is 0 Å². The molecule has 1 nitrogen and oxygen atoms in total. The van der Waals surface area contributed by atoms with E-state index in [1.807, 2.05) is 0 Å². The topological polar surface area (TPSA) is 12.0 Å². The molecule has 2 rings (SSSR count). The number of nitrogens with one attached hydrogen (secondary N) is 1. The lowest BCUT2D eigenvalue weighted by Gasteiger charge is -1.98. The highest BCUT2D eigenvalue weighted by Crippen LogP contribution is 2.22. The number of rotatable bonds is 0. The standard InChI is InChI=1S/C9H11N.ClH/c1-7-2-3-9-8(6-7)4-5-10-9;/h2-3,6,10H,4-5H2,1H3;1H. The van der Waals surface area contributed by atoms with Crippen LogP contribution in [0.5, 0.6) is 0 Å². The third-order valence-electron chi connectivity index (χ3n) is 1.97. The summed E-state index contributed by atoms with van der Waals surface area (Å²) in [4.78, 5) is 0. The van der Waals surface area contributed by atoms with Gasteiger partial charge in [0.15, 0.2) is 0 Å². The summed E-state index contributed by atoms with van der Waals surface area (Å²) in [6.45, 7) is 3.25. The lowest BCUT2D eigenvalue weighted by atomic mass is 10.1. The maximum atomic E-state index is 3.33. The zero-order valence-electron chi connectivity index (χ0n) is 6.55. The minimum atomic E-state index is 0. The monoisotopic (exact) mass is 169 g/mol. The third kappa shape index (κ3) is 1.48. The molecule has 2 heteroatoms. The van der Waals surface area contributed by atoms with Crippen LogP contribution in [0.1, 0.15) is 11.1 Å². The van der Waals surface area contributed by atoms with E-state index in [1.54, 1.807) is 0 Å². The highest BCUT2D eigenvalue weighted by atomic mass is 35.5. The Labute approximate surface area is 73.2 Å². The molecule has 60 valence electrons. The summed E-state index contributed by atoms with van der Waals surface area (Å²) in [7, 11) is 0. The van der Waals surface area contributed by atoms with Crippen LogP contribution in [-0.4, -0.2) is 6.54 Å². The van der Waals surface area contributed by atoms with E-state index in [-0.39, 0.29) is 12.4 Å². The molecular weight excluding hydrogens is 158 g/mol. The molecule has 1 aliphatic heterocycles. The van der Waals surface area contributed by atoms with E-state index in [0.29, 0.717) is 0 Å². The molecule has 1 aliphatic rings.